The van der Waals surface area contributed by atoms with E-state index in [1.165, 1.54) is 0 Å². The maximum absolute atomic E-state index is 11.7. The third-order valence-electron chi connectivity index (χ3n) is 2.89. The SMILES string of the molecule is O=C(NCCSCc1ccc(Cl)cc1Cl)Nc1cccc(Cl)c1. The van der Waals surface area contributed by atoms with Crippen LogP contribution in [0.15, 0.2) is 42.5 Å². The first-order valence-corrected chi connectivity index (χ1v) is 9.15. The van der Waals surface area contributed by atoms with Gasteiger partial charge in [0.05, 0.1) is 0 Å². The lowest BCUT2D eigenvalue weighted by atomic mass is 10.2. The minimum atomic E-state index is -0.252. The molecule has 0 saturated heterocycles. The molecule has 7 heteroatoms. The van der Waals surface area contributed by atoms with Gasteiger partial charge in [-0.2, -0.15) is 11.8 Å². The molecule has 2 aromatic carbocycles. The zero-order valence-corrected chi connectivity index (χ0v) is 15.2. The van der Waals surface area contributed by atoms with Crippen LogP contribution in [0.5, 0.6) is 0 Å². The summed E-state index contributed by atoms with van der Waals surface area (Å²) in [6.45, 7) is 0.558. The van der Waals surface area contributed by atoms with Gasteiger partial charge in [0.15, 0.2) is 0 Å². The van der Waals surface area contributed by atoms with Crippen molar-refractivity contribution < 1.29 is 4.79 Å². The number of carbonyl (C=O) groups excluding carboxylic acids is 1. The highest BCUT2D eigenvalue weighted by atomic mass is 35.5. The van der Waals surface area contributed by atoms with E-state index < -0.39 is 0 Å². The number of carbonyl (C=O) groups is 1. The zero-order valence-electron chi connectivity index (χ0n) is 12.1. The predicted octanol–water partition coefficient (Wildman–Crippen LogP) is 5.70. The molecule has 0 bridgehead atoms. The normalized spacial score (nSPS) is 10.4. The molecule has 2 rings (SSSR count). The van der Waals surface area contributed by atoms with Crippen molar-refractivity contribution in [1.29, 1.82) is 0 Å². The number of benzene rings is 2. The first-order valence-electron chi connectivity index (χ1n) is 6.86. The molecule has 0 saturated carbocycles. The summed E-state index contributed by atoms with van der Waals surface area (Å²) < 4.78 is 0. The molecule has 23 heavy (non-hydrogen) atoms. The third kappa shape index (κ3) is 6.51. The Balaban J connectivity index is 1.66. The fourth-order valence-electron chi connectivity index (χ4n) is 1.80. The fraction of sp³-hybridized carbons (Fsp3) is 0.188. The van der Waals surface area contributed by atoms with Crippen molar-refractivity contribution in [3.05, 3.63) is 63.1 Å². The lowest BCUT2D eigenvalue weighted by Crippen LogP contribution is -2.30. The molecule has 3 nitrogen and oxygen atoms in total. The van der Waals surface area contributed by atoms with Crippen LogP contribution in [-0.4, -0.2) is 18.3 Å². The summed E-state index contributed by atoms with van der Waals surface area (Å²) in [5, 5.41) is 7.39. The second-order valence-electron chi connectivity index (χ2n) is 4.68. The van der Waals surface area contributed by atoms with Crippen molar-refractivity contribution in [1.82, 2.24) is 5.32 Å². The van der Waals surface area contributed by atoms with E-state index >= 15 is 0 Å². The lowest BCUT2D eigenvalue weighted by molar-refractivity contribution is 0.252. The Bertz CT molecular complexity index is 682. The van der Waals surface area contributed by atoms with Gasteiger partial charge in [0.1, 0.15) is 0 Å². The van der Waals surface area contributed by atoms with Crippen molar-refractivity contribution >= 4 is 58.3 Å². The number of thioether (sulfide) groups is 1. The van der Waals surface area contributed by atoms with Crippen LogP contribution in [0.25, 0.3) is 0 Å². The van der Waals surface area contributed by atoms with Crippen molar-refractivity contribution in [2.45, 2.75) is 5.75 Å². The molecule has 0 aliphatic rings. The number of anilines is 1. The number of hydrogen-bond acceptors (Lipinski definition) is 2. The molecule has 0 aliphatic heterocycles. The van der Waals surface area contributed by atoms with E-state index in [4.69, 9.17) is 34.8 Å². The Labute approximate surface area is 154 Å². The van der Waals surface area contributed by atoms with E-state index in [9.17, 15) is 4.79 Å². The molecule has 0 heterocycles. The first-order chi connectivity index (χ1) is 11.0. The summed E-state index contributed by atoms with van der Waals surface area (Å²) in [6.07, 6.45) is 0. The average Bonchev–Trinajstić information content (AvgIpc) is 2.49. The molecule has 0 spiro atoms. The van der Waals surface area contributed by atoms with Gasteiger partial charge in [0.25, 0.3) is 0 Å². The molecule has 0 unspecified atom stereocenters. The molecule has 2 aromatic rings. The minimum Gasteiger partial charge on any atom is -0.337 e. The van der Waals surface area contributed by atoms with Crippen LogP contribution >= 0.6 is 46.6 Å². The van der Waals surface area contributed by atoms with Gasteiger partial charge in [0.2, 0.25) is 0 Å². The maximum Gasteiger partial charge on any atom is 0.319 e. The second-order valence-corrected chi connectivity index (χ2v) is 7.06. The highest BCUT2D eigenvalue weighted by Crippen LogP contribution is 2.24. The van der Waals surface area contributed by atoms with E-state index in [1.54, 1.807) is 42.1 Å². The molecule has 122 valence electrons. The predicted molar refractivity (Wildman–Crippen MR) is 101 cm³/mol. The Hall–Kier alpha value is -1.07. The van der Waals surface area contributed by atoms with Crippen molar-refractivity contribution in [3.63, 3.8) is 0 Å². The molecule has 2 N–H and O–H groups in total. The number of urea groups is 1. The Morgan fingerprint density at radius 3 is 2.57 bits per heavy atom. The van der Waals surface area contributed by atoms with Crippen LogP contribution in [0.1, 0.15) is 5.56 Å². The first kappa shape index (κ1) is 18.3. The van der Waals surface area contributed by atoms with Crippen molar-refractivity contribution in [3.8, 4) is 0 Å². The van der Waals surface area contributed by atoms with Gasteiger partial charge in [-0.1, -0.05) is 46.9 Å². The number of hydrogen-bond donors (Lipinski definition) is 2. The smallest absolute Gasteiger partial charge is 0.319 e. The third-order valence-corrected chi connectivity index (χ3v) is 4.72. The van der Waals surface area contributed by atoms with Crippen LogP contribution in [0.2, 0.25) is 15.1 Å². The lowest BCUT2D eigenvalue weighted by Gasteiger charge is -2.08. The number of halogens is 3. The summed E-state index contributed by atoms with van der Waals surface area (Å²) in [7, 11) is 0. The topological polar surface area (TPSA) is 41.1 Å². The monoisotopic (exact) mass is 388 g/mol. The Morgan fingerprint density at radius 1 is 1.04 bits per heavy atom. The van der Waals surface area contributed by atoms with Crippen molar-refractivity contribution in [2.75, 3.05) is 17.6 Å². The van der Waals surface area contributed by atoms with Gasteiger partial charge < -0.3 is 10.6 Å². The molecule has 0 fully saturated rings. The van der Waals surface area contributed by atoms with Gasteiger partial charge in [-0.3, -0.25) is 0 Å². The van der Waals surface area contributed by atoms with E-state index in [0.717, 1.165) is 17.1 Å². The number of nitrogens with one attached hydrogen (secondary N) is 2. The van der Waals surface area contributed by atoms with Gasteiger partial charge in [0, 0.05) is 38.8 Å². The Kier molecular flexibility index (Phi) is 7.37. The van der Waals surface area contributed by atoms with Gasteiger partial charge in [-0.05, 0) is 35.9 Å². The van der Waals surface area contributed by atoms with Gasteiger partial charge in [-0.15, -0.1) is 0 Å². The second kappa shape index (κ2) is 9.28. The summed E-state index contributed by atoms with van der Waals surface area (Å²) >= 11 is 19.5. The standard InChI is InChI=1S/C16H15Cl3N2OS/c17-12-2-1-3-14(8-12)21-16(22)20-6-7-23-10-11-4-5-13(18)9-15(11)19/h1-5,8-9H,6-7,10H2,(H2,20,21,22). The molecule has 0 radical (unpaired) electrons. The highest BCUT2D eigenvalue weighted by molar-refractivity contribution is 7.98. The van der Waals surface area contributed by atoms with Gasteiger partial charge >= 0.3 is 6.03 Å². The van der Waals surface area contributed by atoms with E-state index in [-0.39, 0.29) is 6.03 Å². The Morgan fingerprint density at radius 2 is 1.83 bits per heavy atom. The largest absolute Gasteiger partial charge is 0.337 e. The number of amides is 2. The summed E-state index contributed by atoms with van der Waals surface area (Å²) in [4.78, 5) is 11.7. The van der Waals surface area contributed by atoms with E-state index in [0.29, 0.717) is 27.3 Å². The van der Waals surface area contributed by atoms with Crippen LogP contribution in [0, 0.1) is 0 Å². The molecular formula is C16H15Cl3N2OS. The maximum atomic E-state index is 11.7. The summed E-state index contributed by atoms with van der Waals surface area (Å²) in [5.41, 5.74) is 1.69. The van der Waals surface area contributed by atoms with Gasteiger partial charge in [-0.25, -0.2) is 4.79 Å². The minimum absolute atomic E-state index is 0.252. The van der Waals surface area contributed by atoms with E-state index in [1.807, 2.05) is 12.1 Å². The van der Waals surface area contributed by atoms with Crippen LogP contribution in [0.3, 0.4) is 0 Å². The average molecular weight is 390 g/mol. The quantitative estimate of drug-likeness (QED) is 0.622. The van der Waals surface area contributed by atoms with Crippen LogP contribution in [-0.2, 0) is 5.75 Å². The molecule has 0 atom stereocenters. The summed E-state index contributed by atoms with van der Waals surface area (Å²) in [6, 6.07) is 12.2. The number of rotatable bonds is 6. The van der Waals surface area contributed by atoms with Crippen LogP contribution in [0.4, 0.5) is 10.5 Å². The molecule has 2 amide bonds. The van der Waals surface area contributed by atoms with Crippen LogP contribution < -0.4 is 10.6 Å². The van der Waals surface area contributed by atoms with E-state index in [2.05, 4.69) is 10.6 Å². The zero-order chi connectivity index (χ0) is 16.7. The fourth-order valence-corrected chi connectivity index (χ4v) is 3.41. The highest BCUT2D eigenvalue weighted by Gasteiger charge is 2.03. The van der Waals surface area contributed by atoms with Crippen molar-refractivity contribution in [2.24, 2.45) is 0 Å². The molecular weight excluding hydrogens is 375 g/mol. The summed E-state index contributed by atoms with van der Waals surface area (Å²) in [5.74, 6) is 1.55. The molecule has 0 aliphatic carbocycles. The molecule has 0 aromatic heterocycles.